The Hall–Kier alpha value is -2.92. The van der Waals surface area contributed by atoms with Crippen LogP contribution >= 0.6 is 0 Å². The molecule has 5 heteroatoms. The number of fused-ring (bicyclic) bond motifs is 1. The van der Waals surface area contributed by atoms with Crippen molar-refractivity contribution < 1.29 is 4.79 Å². The van der Waals surface area contributed by atoms with Gasteiger partial charge in [0.25, 0.3) is 11.5 Å². The smallest absolute Gasteiger partial charge is 0.255 e. The van der Waals surface area contributed by atoms with Crippen molar-refractivity contribution >= 4 is 16.7 Å². The zero-order valence-corrected chi connectivity index (χ0v) is 16.0. The van der Waals surface area contributed by atoms with Crippen LogP contribution in [-0.2, 0) is 13.1 Å². The van der Waals surface area contributed by atoms with Gasteiger partial charge in [0.2, 0.25) is 0 Å². The number of hydrogen-bond acceptors (Lipinski definition) is 3. The molecular formula is C22H25N3O2. The van der Waals surface area contributed by atoms with Crippen LogP contribution in [0, 0.1) is 0 Å². The third kappa shape index (κ3) is 4.26. The van der Waals surface area contributed by atoms with Gasteiger partial charge >= 0.3 is 0 Å². The van der Waals surface area contributed by atoms with E-state index in [0.717, 1.165) is 12.1 Å². The van der Waals surface area contributed by atoms with Gasteiger partial charge in [-0.2, -0.15) is 0 Å². The summed E-state index contributed by atoms with van der Waals surface area (Å²) < 4.78 is 0. The summed E-state index contributed by atoms with van der Waals surface area (Å²) in [5.41, 5.74) is 2.57. The first-order valence-electron chi connectivity index (χ1n) is 9.13. The predicted molar refractivity (Wildman–Crippen MR) is 109 cm³/mol. The Morgan fingerprint density at radius 2 is 1.67 bits per heavy atom. The highest BCUT2D eigenvalue weighted by atomic mass is 16.1. The maximum absolute atomic E-state index is 12.7. The van der Waals surface area contributed by atoms with Crippen molar-refractivity contribution in [2.45, 2.75) is 33.0 Å². The Bertz CT molecular complexity index is 1010. The van der Waals surface area contributed by atoms with Gasteiger partial charge in [0.05, 0.1) is 5.56 Å². The lowest BCUT2D eigenvalue weighted by atomic mass is 10.1. The Morgan fingerprint density at radius 3 is 2.37 bits per heavy atom. The van der Waals surface area contributed by atoms with E-state index in [-0.39, 0.29) is 11.5 Å². The Balaban J connectivity index is 1.80. The van der Waals surface area contributed by atoms with Crippen molar-refractivity contribution in [2.75, 3.05) is 7.05 Å². The molecule has 27 heavy (non-hydrogen) atoms. The summed E-state index contributed by atoms with van der Waals surface area (Å²) in [6.07, 6.45) is 1.48. The van der Waals surface area contributed by atoms with Crippen LogP contribution in [0.3, 0.4) is 0 Å². The van der Waals surface area contributed by atoms with E-state index in [1.807, 2.05) is 24.3 Å². The lowest BCUT2D eigenvalue weighted by Crippen LogP contribution is -2.28. The maximum Gasteiger partial charge on any atom is 0.255 e. The first-order chi connectivity index (χ1) is 13.0. The number of amides is 1. The van der Waals surface area contributed by atoms with Gasteiger partial charge in [-0.1, -0.05) is 42.5 Å². The Kier molecular flexibility index (Phi) is 5.72. The summed E-state index contributed by atoms with van der Waals surface area (Å²) in [6.45, 7) is 5.58. The molecule has 0 aliphatic carbocycles. The lowest BCUT2D eigenvalue weighted by Gasteiger charge is -2.22. The topological polar surface area (TPSA) is 65.2 Å². The third-order valence-electron chi connectivity index (χ3n) is 4.91. The molecule has 5 nitrogen and oxygen atoms in total. The fraction of sp³-hybridized carbons (Fsp3) is 0.273. The van der Waals surface area contributed by atoms with E-state index in [2.05, 4.69) is 42.2 Å². The molecule has 0 aliphatic heterocycles. The molecule has 0 aliphatic rings. The maximum atomic E-state index is 12.7. The fourth-order valence-corrected chi connectivity index (χ4v) is 3.00. The minimum atomic E-state index is -0.200. The number of aromatic amines is 1. The molecule has 1 aromatic heterocycles. The highest BCUT2D eigenvalue weighted by Gasteiger charge is 2.13. The fourth-order valence-electron chi connectivity index (χ4n) is 3.00. The summed E-state index contributed by atoms with van der Waals surface area (Å²) in [4.78, 5) is 29.6. The number of hydrogen-bond donors (Lipinski definition) is 2. The Labute approximate surface area is 159 Å². The molecule has 0 saturated carbocycles. The highest BCUT2D eigenvalue weighted by molar-refractivity contribution is 6.06. The van der Waals surface area contributed by atoms with Crippen molar-refractivity contribution in [1.29, 1.82) is 0 Å². The van der Waals surface area contributed by atoms with Crippen molar-refractivity contribution in [3.63, 3.8) is 0 Å². The van der Waals surface area contributed by atoms with Crippen LogP contribution in [0.15, 0.2) is 59.5 Å². The van der Waals surface area contributed by atoms with Gasteiger partial charge in [-0.3, -0.25) is 14.5 Å². The molecule has 0 saturated heterocycles. The van der Waals surface area contributed by atoms with Gasteiger partial charge in [0.1, 0.15) is 0 Å². The van der Waals surface area contributed by atoms with Crippen LogP contribution in [0.25, 0.3) is 10.8 Å². The van der Waals surface area contributed by atoms with E-state index in [1.165, 1.54) is 11.8 Å². The summed E-state index contributed by atoms with van der Waals surface area (Å²) in [5, 5.41) is 4.17. The van der Waals surface area contributed by atoms with Crippen LogP contribution in [0.4, 0.5) is 0 Å². The van der Waals surface area contributed by atoms with Crippen molar-refractivity contribution in [2.24, 2.45) is 0 Å². The van der Waals surface area contributed by atoms with Crippen LogP contribution in [0.1, 0.15) is 35.3 Å². The van der Waals surface area contributed by atoms with Gasteiger partial charge in [-0.25, -0.2) is 0 Å². The average molecular weight is 363 g/mol. The van der Waals surface area contributed by atoms with Crippen molar-refractivity contribution in [3.8, 4) is 0 Å². The summed E-state index contributed by atoms with van der Waals surface area (Å²) in [6, 6.07) is 15.7. The number of carbonyl (C=O) groups is 1. The zero-order chi connectivity index (χ0) is 19.4. The molecule has 140 valence electrons. The normalized spacial score (nSPS) is 11.3. The molecule has 3 aromatic rings. The van der Waals surface area contributed by atoms with E-state index < -0.39 is 0 Å². The number of aromatic nitrogens is 1. The summed E-state index contributed by atoms with van der Waals surface area (Å²) in [7, 11) is 2.09. The summed E-state index contributed by atoms with van der Waals surface area (Å²) >= 11 is 0. The molecule has 0 unspecified atom stereocenters. The molecular weight excluding hydrogens is 338 g/mol. The monoisotopic (exact) mass is 363 g/mol. The minimum Gasteiger partial charge on any atom is -0.348 e. The first kappa shape index (κ1) is 18.9. The Morgan fingerprint density at radius 1 is 1.04 bits per heavy atom. The molecule has 1 heterocycles. The van der Waals surface area contributed by atoms with Gasteiger partial charge < -0.3 is 10.3 Å². The number of carbonyl (C=O) groups excluding carboxylic acids is 1. The van der Waals surface area contributed by atoms with E-state index in [0.29, 0.717) is 28.9 Å². The van der Waals surface area contributed by atoms with E-state index in [9.17, 15) is 9.59 Å². The molecule has 0 fully saturated rings. The number of nitrogens with one attached hydrogen (secondary N) is 2. The van der Waals surface area contributed by atoms with Crippen molar-refractivity contribution in [3.05, 3.63) is 81.8 Å². The molecule has 3 rings (SSSR count). The van der Waals surface area contributed by atoms with Gasteiger partial charge in [0.15, 0.2) is 0 Å². The highest BCUT2D eigenvalue weighted by Crippen LogP contribution is 2.16. The SMILES string of the molecule is CC(C)N(C)Cc1ccccc1CNC(=O)c1c[nH]c(=O)c2ccccc12. The number of pyridine rings is 1. The molecule has 1 amide bonds. The van der Waals surface area contributed by atoms with E-state index >= 15 is 0 Å². The molecule has 0 bridgehead atoms. The lowest BCUT2D eigenvalue weighted by molar-refractivity contribution is 0.0952. The van der Waals surface area contributed by atoms with Crippen LogP contribution in [-0.4, -0.2) is 28.9 Å². The molecule has 0 radical (unpaired) electrons. The first-order valence-corrected chi connectivity index (χ1v) is 9.13. The second-order valence-electron chi connectivity index (χ2n) is 7.04. The van der Waals surface area contributed by atoms with Crippen LogP contribution < -0.4 is 10.9 Å². The second kappa shape index (κ2) is 8.18. The van der Waals surface area contributed by atoms with Crippen LogP contribution in [0.2, 0.25) is 0 Å². The zero-order valence-electron chi connectivity index (χ0n) is 16.0. The molecule has 2 N–H and O–H groups in total. The largest absolute Gasteiger partial charge is 0.348 e. The predicted octanol–water partition coefficient (Wildman–Crippen LogP) is 3.30. The molecule has 2 aromatic carbocycles. The van der Waals surface area contributed by atoms with E-state index in [4.69, 9.17) is 0 Å². The van der Waals surface area contributed by atoms with Gasteiger partial charge in [-0.05, 0) is 38.1 Å². The third-order valence-corrected chi connectivity index (χ3v) is 4.91. The number of H-pyrrole nitrogens is 1. The van der Waals surface area contributed by atoms with E-state index in [1.54, 1.807) is 18.2 Å². The van der Waals surface area contributed by atoms with Gasteiger partial charge in [-0.15, -0.1) is 0 Å². The molecule has 0 atom stereocenters. The standard InChI is InChI=1S/C22H25N3O2/c1-15(2)25(3)14-17-9-5-4-8-16(17)12-23-22(27)20-13-24-21(26)19-11-7-6-10-18(19)20/h4-11,13,15H,12,14H2,1-3H3,(H,23,27)(H,24,26). The molecule has 0 spiro atoms. The minimum absolute atomic E-state index is 0.191. The van der Waals surface area contributed by atoms with Crippen molar-refractivity contribution in [1.82, 2.24) is 15.2 Å². The number of rotatable bonds is 6. The average Bonchev–Trinajstić information content (AvgIpc) is 2.67. The number of benzene rings is 2. The second-order valence-corrected chi connectivity index (χ2v) is 7.04. The summed E-state index contributed by atoms with van der Waals surface area (Å²) in [5.74, 6) is -0.200. The quantitative estimate of drug-likeness (QED) is 0.706. The van der Waals surface area contributed by atoms with Crippen LogP contribution in [0.5, 0.6) is 0 Å². The van der Waals surface area contributed by atoms with Gasteiger partial charge in [0, 0.05) is 36.1 Å². The number of nitrogens with zero attached hydrogens (tertiary/aromatic N) is 1.